The first kappa shape index (κ1) is 19.5. The molecule has 0 aliphatic carbocycles. The number of anilines is 1. The number of fused-ring (bicyclic) bond motifs is 1. The number of rotatable bonds is 7. The Morgan fingerprint density at radius 2 is 2.03 bits per heavy atom. The fourth-order valence-electron chi connectivity index (χ4n) is 3.64. The van der Waals surface area contributed by atoms with Crippen LogP contribution in [0.25, 0.3) is 11.0 Å². The Morgan fingerprint density at radius 1 is 1.24 bits per heavy atom. The van der Waals surface area contributed by atoms with E-state index < -0.39 is 0 Å². The Kier molecular flexibility index (Phi) is 5.81. The van der Waals surface area contributed by atoms with Crippen molar-refractivity contribution in [1.82, 2.24) is 9.55 Å². The Labute approximate surface area is 170 Å². The van der Waals surface area contributed by atoms with Crippen molar-refractivity contribution in [2.45, 2.75) is 45.3 Å². The summed E-state index contributed by atoms with van der Waals surface area (Å²) >= 11 is 0. The summed E-state index contributed by atoms with van der Waals surface area (Å²) in [4.78, 5) is 17.4. The Balaban J connectivity index is 1.39. The van der Waals surface area contributed by atoms with Crippen LogP contribution in [-0.2, 0) is 16.1 Å². The van der Waals surface area contributed by atoms with E-state index in [-0.39, 0.29) is 24.5 Å². The van der Waals surface area contributed by atoms with E-state index in [1.165, 1.54) is 0 Å². The predicted molar refractivity (Wildman–Crippen MR) is 113 cm³/mol. The molecule has 0 bridgehead atoms. The van der Waals surface area contributed by atoms with Crippen LogP contribution in [0.1, 0.15) is 38.4 Å². The summed E-state index contributed by atoms with van der Waals surface area (Å²) in [6, 6.07) is 15.4. The highest BCUT2D eigenvalue weighted by atomic mass is 16.5. The number of hydrogen-bond acceptors (Lipinski definition) is 4. The molecule has 1 unspecified atom stereocenters. The molecule has 6 heteroatoms. The lowest BCUT2D eigenvalue weighted by Crippen LogP contribution is -2.20. The third-order valence-corrected chi connectivity index (χ3v) is 5.10. The molecule has 3 aromatic rings. The van der Waals surface area contributed by atoms with Gasteiger partial charge in [0.2, 0.25) is 5.91 Å². The van der Waals surface area contributed by atoms with Gasteiger partial charge in [-0.3, -0.25) is 4.79 Å². The van der Waals surface area contributed by atoms with Gasteiger partial charge in [0.25, 0.3) is 0 Å². The van der Waals surface area contributed by atoms with Crippen molar-refractivity contribution in [1.29, 1.82) is 0 Å². The molecular formula is C23H27N3O3. The van der Waals surface area contributed by atoms with Crippen LogP contribution in [0.5, 0.6) is 5.75 Å². The van der Waals surface area contributed by atoms with E-state index >= 15 is 0 Å². The molecule has 1 atom stereocenters. The molecule has 1 aliphatic rings. The van der Waals surface area contributed by atoms with Crippen LogP contribution in [0, 0.1) is 0 Å². The highest BCUT2D eigenvalue weighted by molar-refractivity contribution is 5.91. The fraction of sp³-hybridized carbons (Fsp3) is 0.391. The number of nitrogens with one attached hydrogen (secondary N) is 1. The van der Waals surface area contributed by atoms with E-state index in [1.54, 1.807) is 0 Å². The molecule has 1 fully saturated rings. The summed E-state index contributed by atoms with van der Waals surface area (Å²) < 4.78 is 13.3. The lowest BCUT2D eigenvalue weighted by Gasteiger charge is -2.13. The van der Waals surface area contributed by atoms with Crippen LogP contribution in [0.3, 0.4) is 0 Å². The number of aromatic nitrogens is 2. The Morgan fingerprint density at radius 3 is 2.76 bits per heavy atom. The fourth-order valence-corrected chi connectivity index (χ4v) is 3.64. The second-order valence-electron chi connectivity index (χ2n) is 7.72. The maximum absolute atomic E-state index is 12.7. The lowest BCUT2D eigenvalue weighted by atomic mass is 10.2. The second-order valence-corrected chi connectivity index (χ2v) is 7.72. The largest absolute Gasteiger partial charge is 0.491 e. The number of hydrogen-bond donors (Lipinski definition) is 1. The van der Waals surface area contributed by atoms with Gasteiger partial charge in [-0.15, -0.1) is 0 Å². The van der Waals surface area contributed by atoms with Gasteiger partial charge in [0.05, 0.1) is 17.1 Å². The standard InChI is InChI=1S/C23H27N3O3/c1-16(2)23-25-20-7-3-4-8-21(20)26(23)14-22(27)24-17-9-11-18(12-10-17)29-15-19-6-5-13-28-19/h3-4,7-12,16,19H,5-6,13-15H2,1-2H3,(H,24,27). The molecule has 0 saturated carbocycles. The normalized spacial score (nSPS) is 16.4. The molecule has 1 aromatic heterocycles. The monoisotopic (exact) mass is 393 g/mol. The minimum atomic E-state index is -0.0805. The van der Waals surface area contributed by atoms with E-state index in [0.717, 1.165) is 47.7 Å². The van der Waals surface area contributed by atoms with Gasteiger partial charge < -0.3 is 19.4 Å². The molecule has 4 rings (SSSR count). The number of nitrogens with zero attached hydrogens (tertiary/aromatic N) is 2. The Bertz CT molecular complexity index is 973. The number of imidazole rings is 1. The summed E-state index contributed by atoms with van der Waals surface area (Å²) in [5, 5.41) is 2.97. The molecule has 6 nitrogen and oxygen atoms in total. The predicted octanol–water partition coefficient (Wildman–Crippen LogP) is 4.36. The number of carbonyl (C=O) groups excluding carboxylic acids is 1. The average Bonchev–Trinajstić information content (AvgIpc) is 3.36. The lowest BCUT2D eigenvalue weighted by molar-refractivity contribution is -0.116. The number of benzene rings is 2. The van der Waals surface area contributed by atoms with Crippen LogP contribution >= 0.6 is 0 Å². The highest BCUT2D eigenvalue weighted by Crippen LogP contribution is 2.22. The van der Waals surface area contributed by atoms with Crippen molar-refractivity contribution in [2.75, 3.05) is 18.5 Å². The van der Waals surface area contributed by atoms with Crippen molar-refractivity contribution in [3.05, 3.63) is 54.4 Å². The van der Waals surface area contributed by atoms with Crippen LogP contribution in [0.15, 0.2) is 48.5 Å². The van der Waals surface area contributed by atoms with E-state index in [0.29, 0.717) is 6.61 Å². The van der Waals surface area contributed by atoms with E-state index in [2.05, 4.69) is 19.2 Å². The molecule has 29 heavy (non-hydrogen) atoms. The molecule has 1 N–H and O–H groups in total. The van der Waals surface area contributed by atoms with Crippen LogP contribution < -0.4 is 10.1 Å². The summed E-state index contributed by atoms with van der Waals surface area (Å²) in [5.74, 6) is 1.85. The molecule has 1 saturated heterocycles. The van der Waals surface area contributed by atoms with Crippen molar-refractivity contribution in [3.8, 4) is 5.75 Å². The highest BCUT2D eigenvalue weighted by Gasteiger charge is 2.17. The minimum Gasteiger partial charge on any atom is -0.491 e. The zero-order valence-corrected chi connectivity index (χ0v) is 16.9. The molecule has 0 spiro atoms. The van der Waals surface area contributed by atoms with Crippen molar-refractivity contribution < 1.29 is 14.3 Å². The number of amides is 1. The quantitative estimate of drug-likeness (QED) is 0.648. The second kappa shape index (κ2) is 8.66. The Hall–Kier alpha value is -2.86. The van der Waals surface area contributed by atoms with E-state index in [9.17, 15) is 4.79 Å². The van der Waals surface area contributed by atoms with Crippen LogP contribution in [-0.4, -0.2) is 34.8 Å². The first-order valence-corrected chi connectivity index (χ1v) is 10.2. The summed E-state index contributed by atoms with van der Waals surface area (Å²) in [5.41, 5.74) is 2.64. The summed E-state index contributed by atoms with van der Waals surface area (Å²) in [7, 11) is 0. The van der Waals surface area contributed by atoms with Crippen molar-refractivity contribution in [3.63, 3.8) is 0 Å². The third-order valence-electron chi connectivity index (χ3n) is 5.10. The molecule has 0 radical (unpaired) electrons. The van der Waals surface area contributed by atoms with E-state index in [1.807, 2.05) is 53.1 Å². The van der Waals surface area contributed by atoms with Gasteiger partial charge in [-0.05, 0) is 49.2 Å². The van der Waals surface area contributed by atoms with E-state index in [4.69, 9.17) is 14.5 Å². The van der Waals surface area contributed by atoms with Gasteiger partial charge in [-0.25, -0.2) is 4.98 Å². The van der Waals surface area contributed by atoms with Crippen LogP contribution in [0.4, 0.5) is 5.69 Å². The van der Waals surface area contributed by atoms with Crippen molar-refractivity contribution >= 4 is 22.6 Å². The number of para-hydroxylation sites is 2. The van der Waals surface area contributed by atoms with Crippen LogP contribution in [0.2, 0.25) is 0 Å². The van der Waals surface area contributed by atoms with Gasteiger partial charge in [-0.1, -0.05) is 26.0 Å². The molecule has 1 aliphatic heterocycles. The summed E-state index contributed by atoms with van der Waals surface area (Å²) in [6.45, 7) is 5.79. The maximum atomic E-state index is 12.7. The maximum Gasteiger partial charge on any atom is 0.244 e. The van der Waals surface area contributed by atoms with Gasteiger partial charge in [0.15, 0.2) is 0 Å². The van der Waals surface area contributed by atoms with Crippen molar-refractivity contribution in [2.24, 2.45) is 0 Å². The molecule has 152 valence electrons. The third kappa shape index (κ3) is 4.59. The zero-order valence-electron chi connectivity index (χ0n) is 16.9. The topological polar surface area (TPSA) is 65.4 Å². The van der Waals surface area contributed by atoms with Gasteiger partial charge >= 0.3 is 0 Å². The number of ether oxygens (including phenoxy) is 2. The first-order chi connectivity index (χ1) is 14.1. The molecule has 1 amide bonds. The minimum absolute atomic E-state index is 0.0805. The molecule has 2 aromatic carbocycles. The SMILES string of the molecule is CC(C)c1nc2ccccc2n1CC(=O)Nc1ccc(OCC2CCCO2)cc1. The zero-order chi connectivity index (χ0) is 20.2. The van der Waals surface area contributed by atoms with Gasteiger partial charge in [0, 0.05) is 18.2 Å². The average molecular weight is 393 g/mol. The molecule has 2 heterocycles. The summed E-state index contributed by atoms with van der Waals surface area (Å²) in [6.07, 6.45) is 2.34. The smallest absolute Gasteiger partial charge is 0.244 e. The van der Waals surface area contributed by atoms with Gasteiger partial charge in [-0.2, -0.15) is 0 Å². The first-order valence-electron chi connectivity index (χ1n) is 10.2. The number of carbonyl (C=O) groups is 1. The molecular weight excluding hydrogens is 366 g/mol. The van der Waals surface area contributed by atoms with Gasteiger partial charge in [0.1, 0.15) is 24.7 Å².